The van der Waals surface area contributed by atoms with E-state index in [4.69, 9.17) is 14.2 Å². The third-order valence-corrected chi connectivity index (χ3v) is 6.05. The fraction of sp³-hybridized carbons (Fsp3) is 0.480. The van der Waals surface area contributed by atoms with Crippen LogP contribution in [0.3, 0.4) is 0 Å². The Bertz CT molecular complexity index is 912. The van der Waals surface area contributed by atoms with Crippen molar-refractivity contribution in [3.8, 4) is 17.2 Å². The Kier molecular flexibility index (Phi) is 6.10. The minimum absolute atomic E-state index is 0.0574. The molecule has 2 aromatic carbocycles. The number of amides is 1. The van der Waals surface area contributed by atoms with Crippen molar-refractivity contribution in [2.45, 2.75) is 45.8 Å². The van der Waals surface area contributed by atoms with E-state index in [2.05, 4.69) is 45.0 Å². The van der Waals surface area contributed by atoms with E-state index in [-0.39, 0.29) is 11.3 Å². The van der Waals surface area contributed by atoms with Crippen molar-refractivity contribution in [3.63, 3.8) is 0 Å². The molecule has 0 radical (unpaired) electrons. The molecule has 2 heterocycles. The summed E-state index contributed by atoms with van der Waals surface area (Å²) in [4.78, 5) is 16.3. The van der Waals surface area contributed by atoms with Gasteiger partial charge in [0.1, 0.15) is 12.3 Å². The lowest BCUT2D eigenvalue weighted by molar-refractivity contribution is -0.917. The fourth-order valence-corrected chi connectivity index (χ4v) is 4.10. The molecule has 1 amide bonds. The number of benzene rings is 2. The zero-order valence-electron chi connectivity index (χ0n) is 18.9. The first-order valence-electron chi connectivity index (χ1n) is 11.1. The first-order valence-corrected chi connectivity index (χ1v) is 11.1. The van der Waals surface area contributed by atoms with Gasteiger partial charge in [0.2, 0.25) is 6.79 Å². The van der Waals surface area contributed by atoms with Crippen LogP contribution in [0, 0.1) is 0 Å². The zero-order chi connectivity index (χ0) is 22.0. The highest BCUT2D eigenvalue weighted by atomic mass is 16.7. The van der Waals surface area contributed by atoms with Crippen molar-refractivity contribution in [3.05, 3.63) is 53.6 Å². The summed E-state index contributed by atoms with van der Waals surface area (Å²) >= 11 is 0. The number of quaternary nitrogens is 1. The number of rotatable bonds is 5. The molecule has 0 unspecified atom stereocenters. The maximum absolute atomic E-state index is 12.9. The van der Waals surface area contributed by atoms with E-state index >= 15 is 0 Å². The Hall–Kier alpha value is -2.73. The van der Waals surface area contributed by atoms with Gasteiger partial charge in [0, 0.05) is 5.56 Å². The number of ether oxygens (including phenoxy) is 3. The number of carbonyl (C=O) groups excluding carboxylic acids is 1. The van der Waals surface area contributed by atoms with E-state index in [0.717, 1.165) is 50.0 Å². The van der Waals surface area contributed by atoms with E-state index in [0.29, 0.717) is 6.79 Å². The highest BCUT2D eigenvalue weighted by Gasteiger charge is 2.28. The summed E-state index contributed by atoms with van der Waals surface area (Å²) < 4.78 is 16.8. The van der Waals surface area contributed by atoms with Gasteiger partial charge < -0.3 is 24.0 Å². The summed E-state index contributed by atoms with van der Waals surface area (Å²) in [6.45, 7) is 12.9. The van der Waals surface area contributed by atoms with Crippen LogP contribution in [-0.2, 0) is 16.8 Å². The van der Waals surface area contributed by atoms with Gasteiger partial charge in [0.15, 0.2) is 17.6 Å². The van der Waals surface area contributed by atoms with Gasteiger partial charge in [-0.1, -0.05) is 32.9 Å². The number of nitrogens with zero attached hydrogens (tertiary/aromatic N) is 1. The van der Waals surface area contributed by atoms with Crippen LogP contribution in [0.25, 0.3) is 0 Å². The summed E-state index contributed by atoms with van der Waals surface area (Å²) in [7, 11) is 0. The quantitative estimate of drug-likeness (QED) is 0.799. The Labute approximate surface area is 184 Å². The summed E-state index contributed by atoms with van der Waals surface area (Å²) in [5, 5.41) is 0. The molecule has 1 N–H and O–H groups in total. The van der Waals surface area contributed by atoms with Gasteiger partial charge in [-0.05, 0) is 48.2 Å². The molecule has 0 bridgehead atoms. The first kappa shape index (κ1) is 21.5. The van der Waals surface area contributed by atoms with Crippen LogP contribution in [0.2, 0.25) is 0 Å². The minimum atomic E-state index is -0.490. The average molecular weight is 426 g/mol. The van der Waals surface area contributed by atoms with Crippen molar-refractivity contribution in [2.75, 3.05) is 33.0 Å². The molecule has 1 atom stereocenters. The predicted octanol–water partition coefficient (Wildman–Crippen LogP) is 2.41. The first-order chi connectivity index (χ1) is 14.8. The van der Waals surface area contributed by atoms with Crippen molar-refractivity contribution in [2.24, 2.45) is 0 Å². The number of fused-ring (bicyclic) bond motifs is 1. The monoisotopic (exact) mass is 425 g/mol. The molecule has 0 aliphatic carbocycles. The lowest BCUT2D eigenvalue weighted by atomic mass is 9.87. The van der Waals surface area contributed by atoms with Gasteiger partial charge in [-0.25, -0.2) is 0 Å². The Morgan fingerprint density at radius 2 is 1.74 bits per heavy atom. The predicted molar refractivity (Wildman–Crippen MR) is 119 cm³/mol. The number of piperazine rings is 1. The van der Waals surface area contributed by atoms with Crippen molar-refractivity contribution in [1.29, 1.82) is 0 Å². The molecule has 4 rings (SSSR count). The van der Waals surface area contributed by atoms with Gasteiger partial charge >= 0.3 is 0 Å². The third kappa shape index (κ3) is 5.13. The number of nitrogens with one attached hydrogen (secondary N) is 1. The number of hydrogen-bond acceptors (Lipinski definition) is 4. The summed E-state index contributed by atoms with van der Waals surface area (Å²) in [5.41, 5.74) is 2.58. The second-order valence-corrected chi connectivity index (χ2v) is 9.47. The molecule has 1 saturated heterocycles. The van der Waals surface area contributed by atoms with Crippen LogP contribution in [0.15, 0.2) is 42.5 Å². The van der Waals surface area contributed by atoms with Crippen LogP contribution in [0.5, 0.6) is 17.2 Å². The standard InChI is InChI=1S/C25H32N2O4/c1-18(31-21-8-6-20(7-9-21)25(2,3)4)24(28)27-13-11-26(12-14-27)16-19-5-10-22-23(15-19)30-17-29-22/h5-10,15,18H,11-14,16-17H2,1-4H3/p+1/t18-/m1/s1. The summed E-state index contributed by atoms with van der Waals surface area (Å²) in [6, 6.07) is 14.2. The Morgan fingerprint density at radius 3 is 2.42 bits per heavy atom. The zero-order valence-corrected chi connectivity index (χ0v) is 18.9. The minimum Gasteiger partial charge on any atom is -0.481 e. The van der Waals surface area contributed by atoms with E-state index in [9.17, 15) is 4.79 Å². The Morgan fingerprint density at radius 1 is 1.06 bits per heavy atom. The molecule has 6 nitrogen and oxygen atoms in total. The molecular formula is C25H33N2O4+. The molecular weight excluding hydrogens is 392 g/mol. The van der Waals surface area contributed by atoms with Crippen molar-refractivity contribution >= 4 is 5.91 Å². The van der Waals surface area contributed by atoms with Crippen molar-refractivity contribution in [1.82, 2.24) is 4.90 Å². The molecule has 6 heteroatoms. The molecule has 1 fully saturated rings. The van der Waals surface area contributed by atoms with Crippen LogP contribution in [0.4, 0.5) is 0 Å². The molecule has 0 spiro atoms. The van der Waals surface area contributed by atoms with Crippen molar-refractivity contribution < 1.29 is 23.9 Å². The third-order valence-electron chi connectivity index (χ3n) is 6.05. The maximum Gasteiger partial charge on any atom is 0.263 e. The molecule has 31 heavy (non-hydrogen) atoms. The topological polar surface area (TPSA) is 52.4 Å². The molecule has 0 aromatic heterocycles. The largest absolute Gasteiger partial charge is 0.481 e. The van der Waals surface area contributed by atoms with E-state index in [1.807, 2.05) is 30.0 Å². The molecule has 2 aliphatic rings. The second-order valence-electron chi connectivity index (χ2n) is 9.47. The van der Waals surface area contributed by atoms with Gasteiger partial charge in [-0.3, -0.25) is 4.79 Å². The summed E-state index contributed by atoms with van der Waals surface area (Å²) in [5.74, 6) is 2.44. The van der Waals surface area contributed by atoms with Gasteiger partial charge in [0.25, 0.3) is 5.91 Å². The lowest BCUT2D eigenvalue weighted by Crippen LogP contribution is -3.13. The normalized spacial score (nSPS) is 17.5. The Balaban J connectivity index is 1.26. The smallest absolute Gasteiger partial charge is 0.263 e. The number of carbonyl (C=O) groups is 1. The molecule has 2 aliphatic heterocycles. The van der Waals surface area contributed by atoms with E-state index in [1.165, 1.54) is 16.0 Å². The summed E-state index contributed by atoms with van der Waals surface area (Å²) in [6.07, 6.45) is -0.490. The van der Waals surface area contributed by atoms with Crippen LogP contribution >= 0.6 is 0 Å². The van der Waals surface area contributed by atoms with Gasteiger partial charge in [-0.2, -0.15) is 0 Å². The van der Waals surface area contributed by atoms with Crippen LogP contribution in [0.1, 0.15) is 38.8 Å². The SMILES string of the molecule is C[C@@H](Oc1ccc(C(C)(C)C)cc1)C(=O)N1CC[NH+](Cc2ccc3c(c2)OCO3)CC1. The second kappa shape index (κ2) is 8.79. The van der Waals surface area contributed by atoms with Crippen LogP contribution in [-0.4, -0.2) is 49.9 Å². The fourth-order valence-electron chi connectivity index (χ4n) is 4.10. The molecule has 166 valence electrons. The average Bonchev–Trinajstić information content (AvgIpc) is 3.21. The van der Waals surface area contributed by atoms with E-state index in [1.54, 1.807) is 0 Å². The van der Waals surface area contributed by atoms with E-state index < -0.39 is 6.10 Å². The molecule has 0 saturated carbocycles. The number of hydrogen-bond donors (Lipinski definition) is 1. The van der Waals surface area contributed by atoms with Crippen LogP contribution < -0.4 is 19.1 Å². The highest BCUT2D eigenvalue weighted by molar-refractivity contribution is 5.81. The lowest BCUT2D eigenvalue weighted by Gasteiger charge is -2.33. The van der Waals surface area contributed by atoms with Gasteiger partial charge in [-0.15, -0.1) is 0 Å². The highest BCUT2D eigenvalue weighted by Crippen LogP contribution is 2.32. The molecule has 2 aromatic rings. The van der Waals surface area contributed by atoms with Gasteiger partial charge in [0.05, 0.1) is 26.2 Å². The maximum atomic E-state index is 12.9.